The largest absolute Gasteiger partial charge is 0.494 e. The lowest BCUT2D eigenvalue weighted by Crippen LogP contribution is -2.45. The van der Waals surface area contributed by atoms with Crippen molar-refractivity contribution in [2.45, 2.75) is 45.3 Å². The van der Waals surface area contributed by atoms with Crippen molar-refractivity contribution in [1.29, 1.82) is 0 Å². The van der Waals surface area contributed by atoms with E-state index in [0.717, 1.165) is 22.5 Å². The number of nitrogens with one attached hydrogen (secondary N) is 2. The SMILES string of the molecule is COC(=O)C(Cc1ccc(Oc2ccc(Cc3sc(=O)[nH]c3O)cc2)cc1)NC(=O)OC(C)(C)C. The number of carbonyl (C=O) groups is 2. The summed E-state index contributed by atoms with van der Waals surface area (Å²) >= 11 is 0.978. The number of aromatic nitrogens is 1. The predicted molar refractivity (Wildman–Crippen MR) is 131 cm³/mol. The third kappa shape index (κ3) is 7.89. The molecule has 3 N–H and O–H groups in total. The molecule has 0 aliphatic rings. The summed E-state index contributed by atoms with van der Waals surface area (Å²) in [6.45, 7) is 5.22. The molecule has 0 spiro atoms. The van der Waals surface area contributed by atoms with Crippen LogP contribution in [0.1, 0.15) is 36.8 Å². The van der Waals surface area contributed by atoms with Crippen molar-refractivity contribution in [2.75, 3.05) is 7.11 Å². The summed E-state index contributed by atoms with van der Waals surface area (Å²) in [5.41, 5.74) is 1.03. The molecule has 1 amide bonds. The lowest BCUT2D eigenvalue weighted by Gasteiger charge is -2.22. The van der Waals surface area contributed by atoms with E-state index in [4.69, 9.17) is 14.2 Å². The summed E-state index contributed by atoms with van der Waals surface area (Å²) in [4.78, 5) is 38.2. The smallest absolute Gasteiger partial charge is 0.408 e. The molecule has 9 nitrogen and oxygen atoms in total. The number of hydrogen-bond donors (Lipinski definition) is 3. The number of carbonyl (C=O) groups excluding carboxylic acids is 2. The molecular formula is C25H28N2O7S. The molecule has 3 rings (SSSR count). The lowest BCUT2D eigenvalue weighted by atomic mass is 10.1. The summed E-state index contributed by atoms with van der Waals surface area (Å²) in [6, 6.07) is 13.5. The number of aromatic amines is 1. The number of ether oxygens (including phenoxy) is 3. The van der Waals surface area contributed by atoms with Crippen LogP contribution in [0, 0.1) is 0 Å². The summed E-state index contributed by atoms with van der Waals surface area (Å²) in [6.07, 6.45) is -0.0424. The van der Waals surface area contributed by atoms with Crippen molar-refractivity contribution >= 4 is 23.4 Å². The minimum atomic E-state index is -0.896. The maximum Gasteiger partial charge on any atom is 0.408 e. The summed E-state index contributed by atoms with van der Waals surface area (Å²) in [5, 5.41) is 12.3. The van der Waals surface area contributed by atoms with Gasteiger partial charge in [-0.25, -0.2) is 9.59 Å². The van der Waals surface area contributed by atoms with Crippen LogP contribution in [-0.4, -0.2) is 40.9 Å². The second-order valence-electron chi connectivity index (χ2n) is 8.78. The molecule has 2 aromatic carbocycles. The highest BCUT2D eigenvalue weighted by atomic mass is 32.1. The van der Waals surface area contributed by atoms with E-state index < -0.39 is 23.7 Å². The van der Waals surface area contributed by atoms with Crippen LogP contribution in [0.2, 0.25) is 0 Å². The Bertz CT molecular complexity index is 1210. The minimum absolute atomic E-state index is 0.101. The highest BCUT2D eigenvalue weighted by molar-refractivity contribution is 7.09. The van der Waals surface area contributed by atoms with E-state index in [1.807, 2.05) is 12.1 Å². The van der Waals surface area contributed by atoms with Gasteiger partial charge in [-0.1, -0.05) is 35.6 Å². The molecule has 3 aromatic rings. The lowest BCUT2D eigenvalue weighted by molar-refractivity contribution is -0.143. The fraction of sp³-hybridized carbons (Fsp3) is 0.320. The fourth-order valence-corrected chi connectivity index (χ4v) is 3.94. The van der Waals surface area contributed by atoms with Gasteiger partial charge in [0, 0.05) is 12.8 Å². The normalized spacial score (nSPS) is 12.0. The van der Waals surface area contributed by atoms with Crippen molar-refractivity contribution in [3.05, 3.63) is 74.2 Å². The number of alkyl carbamates (subject to hydrolysis) is 1. The third-order valence-electron chi connectivity index (χ3n) is 4.76. The molecule has 0 radical (unpaired) electrons. The number of H-pyrrole nitrogens is 1. The number of aromatic hydroxyl groups is 1. The van der Waals surface area contributed by atoms with Gasteiger partial charge in [0.25, 0.3) is 0 Å². The maximum absolute atomic E-state index is 12.1. The van der Waals surface area contributed by atoms with Gasteiger partial charge in [0.1, 0.15) is 23.1 Å². The molecule has 0 fully saturated rings. The van der Waals surface area contributed by atoms with Crippen LogP contribution in [0.15, 0.2) is 53.3 Å². The van der Waals surface area contributed by atoms with Gasteiger partial charge in [-0.3, -0.25) is 9.78 Å². The Morgan fingerprint density at radius 2 is 1.60 bits per heavy atom. The highest BCUT2D eigenvalue weighted by Gasteiger charge is 2.25. The zero-order chi connectivity index (χ0) is 25.6. The van der Waals surface area contributed by atoms with Crippen molar-refractivity contribution in [2.24, 2.45) is 0 Å². The average molecular weight is 501 g/mol. The summed E-state index contributed by atoms with van der Waals surface area (Å²) < 4.78 is 15.9. The van der Waals surface area contributed by atoms with E-state index in [-0.39, 0.29) is 17.2 Å². The van der Waals surface area contributed by atoms with Gasteiger partial charge in [-0.05, 0) is 56.2 Å². The Labute approximate surface area is 206 Å². The fourth-order valence-electron chi connectivity index (χ4n) is 3.18. The third-order valence-corrected chi connectivity index (χ3v) is 5.64. The van der Waals surface area contributed by atoms with Crippen LogP contribution in [0.25, 0.3) is 0 Å². The minimum Gasteiger partial charge on any atom is -0.494 e. The van der Waals surface area contributed by atoms with E-state index in [0.29, 0.717) is 22.8 Å². The van der Waals surface area contributed by atoms with Crippen LogP contribution < -0.4 is 14.9 Å². The molecule has 186 valence electrons. The van der Waals surface area contributed by atoms with Crippen LogP contribution >= 0.6 is 11.3 Å². The Balaban J connectivity index is 1.60. The van der Waals surface area contributed by atoms with Crippen molar-refractivity contribution in [3.63, 3.8) is 0 Å². The van der Waals surface area contributed by atoms with Crippen molar-refractivity contribution in [1.82, 2.24) is 10.3 Å². The number of methoxy groups -OCH3 is 1. The average Bonchev–Trinajstić information content (AvgIpc) is 3.10. The maximum atomic E-state index is 12.1. The van der Waals surface area contributed by atoms with Crippen molar-refractivity contribution in [3.8, 4) is 17.4 Å². The Morgan fingerprint density at radius 3 is 2.09 bits per heavy atom. The van der Waals surface area contributed by atoms with E-state index >= 15 is 0 Å². The molecule has 1 heterocycles. The van der Waals surface area contributed by atoms with Gasteiger partial charge in [-0.2, -0.15) is 0 Å². The first kappa shape index (κ1) is 25.8. The van der Waals surface area contributed by atoms with E-state index in [9.17, 15) is 19.5 Å². The molecule has 1 aromatic heterocycles. The Morgan fingerprint density at radius 1 is 1.03 bits per heavy atom. The van der Waals surface area contributed by atoms with Gasteiger partial charge < -0.3 is 24.6 Å². The molecule has 0 aliphatic carbocycles. The molecule has 10 heteroatoms. The number of thiazole rings is 1. The van der Waals surface area contributed by atoms with Crippen LogP contribution in [-0.2, 0) is 27.1 Å². The molecule has 0 saturated carbocycles. The Hall–Kier alpha value is -3.79. The zero-order valence-electron chi connectivity index (χ0n) is 19.9. The second kappa shape index (κ2) is 11.1. The number of rotatable bonds is 8. The van der Waals surface area contributed by atoms with E-state index in [1.54, 1.807) is 57.2 Å². The molecule has 0 aliphatic heterocycles. The van der Waals surface area contributed by atoms with Gasteiger partial charge >= 0.3 is 16.9 Å². The topological polar surface area (TPSA) is 127 Å². The van der Waals surface area contributed by atoms with Crippen molar-refractivity contribution < 1.29 is 28.9 Å². The number of esters is 1. The first-order valence-corrected chi connectivity index (χ1v) is 11.7. The highest BCUT2D eigenvalue weighted by Crippen LogP contribution is 2.25. The van der Waals surface area contributed by atoms with Gasteiger partial charge in [-0.15, -0.1) is 0 Å². The molecule has 1 unspecified atom stereocenters. The van der Waals surface area contributed by atoms with Crippen LogP contribution in [0.5, 0.6) is 17.4 Å². The molecule has 35 heavy (non-hydrogen) atoms. The standard InChI is InChI=1S/C25H28N2O7S/c1-25(2,3)34-23(30)26-19(22(29)32-4)13-15-5-9-17(10-6-15)33-18-11-7-16(8-12-18)14-20-21(28)27-24(31)35-20/h5-12,19,28H,13-14H2,1-4H3,(H,26,30)(H,27,31). The number of benzene rings is 2. The van der Waals surface area contributed by atoms with Crippen LogP contribution in [0.4, 0.5) is 4.79 Å². The quantitative estimate of drug-likeness (QED) is 0.397. The summed E-state index contributed by atoms with van der Waals surface area (Å²) in [5.74, 6) is 0.539. The van der Waals surface area contributed by atoms with Gasteiger partial charge in [0.2, 0.25) is 5.88 Å². The zero-order valence-corrected chi connectivity index (χ0v) is 20.7. The second-order valence-corrected chi connectivity index (χ2v) is 9.85. The van der Waals surface area contributed by atoms with Gasteiger partial charge in [0.05, 0.1) is 12.0 Å². The number of amides is 1. The van der Waals surface area contributed by atoms with E-state index in [1.165, 1.54) is 7.11 Å². The first-order chi connectivity index (χ1) is 16.5. The predicted octanol–water partition coefficient (Wildman–Crippen LogP) is 4.13. The Kier molecular flexibility index (Phi) is 8.18. The molecule has 0 saturated heterocycles. The first-order valence-electron chi connectivity index (χ1n) is 10.9. The number of hydrogen-bond acceptors (Lipinski definition) is 8. The molecule has 0 bridgehead atoms. The van der Waals surface area contributed by atoms with E-state index in [2.05, 4.69) is 10.3 Å². The molecule has 1 atom stereocenters. The van der Waals surface area contributed by atoms with Crippen LogP contribution in [0.3, 0.4) is 0 Å². The van der Waals surface area contributed by atoms with Gasteiger partial charge in [0.15, 0.2) is 0 Å². The monoisotopic (exact) mass is 500 g/mol. The summed E-state index contributed by atoms with van der Waals surface area (Å²) in [7, 11) is 1.26. The molecular weight excluding hydrogens is 472 g/mol.